The lowest BCUT2D eigenvalue weighted by Crippen LogP contribution is -2.22. The Morgan fingerprint density at radius 2 is 2.08 bits per heavy atom. The van der Waals surface area contributed by atoms with E-state index in [1.165, 1.54) is 11.1 Å². The highest BCUT2D eigenvalue weighted by Gasteiger charge is 2.39. The van der Waals surface area contributed by atoms with Crippen LogP contribution in [0.2, 0.25) is 0 Å². The van der Waals surface area contributed by atoms with Gasteiger partial charge in [0.15, 0.2) is 30.2 Å². The van der Waals surface area contributed by atoms with E-state index in [0.29, 0.717) is 5.52 Å². The lowest BCUT2D eigenvalue weighted by molar-refractivity contribution is -0.153. The van der Waals surface area contributed by atoms with Gasteiger partial charge in [-0.2, -0.15) is 0 Å². The fraction of sp³-hybridized carbons (Fsp3) is 0.692. The van der Waals surface area contributed by atoms with Crippen molar-refractivity contribution in [1.82, 2.24) is 25.0 Å². The topological polar surface area (TPSA) is 157 Å². The summed E-state index contributed by atoms with van der Waals surface area (Å²) in [6, 6.07) is 0. The lowest BCUT2D eigenvalue weighted by atomic mass is 10.3. The Morgan fingerprint density at radius 1 is 1.35 bits per heavy atom. The first-order chi connectivity index (χ1) is 12.5. The molecular weight excluding hydrogens is 367 g/mol. The summed E-state index contributed by atoms with van der Waals surface area (Å²) in [7, 11) is -3.37. The zero-order valence-electron chi connectivity index (χ0n) is 14.4. The molecule has 3 atom stereocenters. The third-order valence-corrected chi connectivity index (χ3v) is 5.35. The fourth-order valence-corrected chi connectivity index (χ4v) is 3.86. The molecule has 26 heavy (non-hydrogen) atoms. The molecule has 1 saturated heterocycles. The highest BCUT2D eigenvalue weighted by atomic mass is 31.2. The minimum Gasteiger partial charge on any atom is -0.388 e. The van der Waals surface area contributed by atoms with Gasteiger partial charge >= 0.3 is 7.60 Å². The average Bonchev–Trinajstić information content (AvgIpc) is 3.18. The van der Waals surface area contributed by atoms with Crippen LogP contribution in [0.15, 0.2) is 6.33 Å². The van der Waals surface area contributed by atoms with Gasteiger partial charge in [0.2, 0.25) is 5.65 Å². The summed E-state index contributed by atoms with van der Waals surface area (Å²) in [5.74, 6) is 0.177. The van der Waals surface area contributed by atoms with E-state index >= 15 is 0 Å². The molecule has 3 rings (SSSR count). The molecule has 0 radical (unpaired) electrons. The summed E-state index contributed by atoms with van der Waals surface area (Å²) in [5, 5.41) is 18.5. The quantitative estimate of drug-likeness (QED) is 0.612. The number of aromatic nitrogens is 5. The van der Waals surface area contributed by atoms with Gasteiger partial charge in [-0.25, -0.2) is 9.97 Å². The van der Waals surface area contributed by atoms with E-state index in [4.69, 9.17) is 24.3 Å². The molecule has 1 aliphatic heterocycles. The average molecular weight is 388 g/mol. The van der Waals surface area contributed by atoms with Gasteiger partial charge in [-0.05, 0) is 13.8 Å². The second-order valence-electron chi connectivity index (χ2n) is 5.45. The molecule has 0 spiro atoms. The minimum absolute atomic E-state index is 0.141. The Kier molecular flexibility index (Phi) is 5.80. The largest absolute Gasteiger partial charge is 0.388 e. The van der Waals surface area contributed by atoms with Crippen LogP contribution in [0.3, 0.4) is 0 Å². The number of hydrogen-bond acceptors (Lipinski definition) is 11. The molecule has 0 unspecified atom stereocenters. The molecule has 0 aromatic carbocycles. The van der Waals surface area contributed by atoms with Crippen molar-refractivity contribution in [2.75, 3.05) is 25.3 Å². The Balaban J connectivity index is 1.67. The van der Waals surface area contributed by atoms with Crippen molar-refractivity contribution in [3.05, 3.63) is 6.33 Å². The number of nitrogens with zero attached hydrogens (tertiary/aromatic N) is 5. The zero-order valence-corrected chi connectivity index (χ0v) is 15.3. The summed E-state index contributed by atoms with van der Waals surface area (Å²) in [5.41, 5.74) is 6.33. The van der Waals surface area contributed by atoms with Crippen LogP contribution in [-0.4, -0.2) is 62.0 Å². The molecule has 13 heteroatoms. The van der Waals surface area contributed by atoms with Crippen molar-refractivity contribution < 1.29 is 28.2 Å². The number of nitrogens with two attached hydrogens (primary N) is 1. The van der Waals surface area contributed by atoms with Crippen LogP contribution in [0.5, 0.6) is 0 Å². The standard InChI is InChI=1S/C13H21N6O6P/c1-3-23-26(21,24-4-2)7-22-9-5-8(20)13(25-9)19-17-10-11(14)15-6-16-12(10)18-19/h6,8-9,13,20H,3-5,7H2,1-2H3,(H2,14,15,16,18)/t8-,9+,13-/m1/s1. The Labute approximate surface area is 149 Å². The van der Waals surface area contributed by atoms with E-state index in [0.717, 1.165) is 0 Å². The predicted octanol–water partition coefficient (Wildman–Crippen LogP) is 0.650. The normalized spacial score (nSPS) is 23.7. The highest BCUT2D eigenvalue weighted by Crippen LogP contribution is 2.48. The van der Waals surface area contributed by atoms with Crippen molar-refractivity contribution in [1.29, 1.82) is 0 Å². The molecule has 1 fully saturated rings. The third kappa shape index (κ3) is 4.00. The molecule has 1 aliphatic rings. The first kappa shape index (κ1) is 19.1. The number of rotatable bonds is 8. The maximum Gasteiger partial charge on any atom is 0.356 e. The first-order valence-corrected chi connectivity index (χ1v) is 9.84. The summed E-state index contributed by atoms with van der Waals surface area (Å²) in [6.07, 6.45) is -1.52. The van der Waals surface area contributed by atoms with E-state index in [2.05, 4.69) is 20.2 Å². The number of aliphatic hydroxyl groups excluding tert-OH is 1. The molecule has 2 aromatic rings. The van der Waals surface area contributed by atoms with E-state index < -0.39 is 26.2 Å². The highest BCUT2D eigenvalue weighted by molar-refractivity contribution is 7.53. The van der Waals surface area contributed by atoms with Gasteiger partial charge in [-0.1, -0.05) is 0 Å². The lowest BCUT2D eigenvalue weighted by Gasteiger charge is -2.19. The number of anilines is 1. The maximum absolute atomic E-state index is 12.4. The van der Waals surface area contributed by atoms with Crippen molar-refractivity contribution in [3.63, 3.8) is 0 Å². The molecule has 3 N–H and O–H groups in total. The van der Waals surface area contributed by atoms with Crippen LogP contribution in [0.1, 0.15) is 26.5 Å². The van der Waals surface area contributed by atoms with Crippen LogP contribution in [0, 0.1) is 0 Å². The van der Waals surface area contributed by atoms with Gasteiger partial charge in [0.05, 0.1) is 13.2 Å². The molecule has 144 valence electrons. The van der Waals surface area contributed by atoms with Crippen molar-refractivity contribution in [2.45, 2.75) is 38.9 Å². The van der Waals surface area contributed by atoms with Gasteiger partial charge in [0.1, 0.15) is 12.4 Å². The summed E-state index contributed by atoms with van der Waals surface area (Å²) < 4.78 is 33.8. The van der Waals surface area contributed by atoms with E-state index in [1.54, 1.807) is 13.8 Å². The molecule has 0 bridgehead atoms. The maximum atomic E-state index is 12.4. The number of ether oxygens (including phenoxy) is 2. The molecule has 0 aliphatic carbocycles. The molecule has 0 amide bonds. The molecule has 0 saturated carbocycles. The minimum atomic E-state index is -3.37. The Bertz CT molecular complexity index is 793. The van der Waals surface area contributed by atoms with Gasteiger partial charge in [-0.15, -0.1) is 15.0 Å². The van der Waals surface area contributed by atoms with E-state index in [1.807, 2.05) is 0 Å². The summed E-state index contributed by atoms with van der Waals surface area (Å²) >= 11 is 0. The smallest absolute Gasteiger partial charge is 0.356 e. The molecule has 12 nitrogen and oxygen atoms in total. The number of fused-ring (bicyclic) bond motifs is 1. The van der Waals surface area contributed by atoms with Gasteiger partial charge in [-0.3, -0.25) is 4.57 Å². The van der Waals surface area contributed by atoms with Crippen molar-refractivity contribution >= 4 is 24.6 Å². The molecular formula is C13H21N6O6P. The second kappa shape index (κ2) is 7.91. The molecule has 3 heterocycles. The number of hydrogen-bond donors (Lipinski definition) is 2. The van der Waals surface area contributed by atoms with Gasteiger partial charge in [0.25, 0.3) is 0 Å². The second-order valence-corrected chi connectivity index (χ2v) is 7.45. The zero-order chi connectivity index (χ0) is 18.7. The SMILES string of the molecule is CCOP(=O)(CO[C@@H]1C[C@@H](O)[C@H](n2nc3ncnc(N)c3n2)O1)OCC. The van der Waals surface area contributed by atoms with E-state index in [-0.39, 0.29) is 37.4 Å². The Hall–Kier alpha value is -1.69. The summed E-state index contributed by atoms with van der Waals surface area (Å²) in [6.45, 7) is 3.87. The van der Waals surface area contributed by atoms with Crippen LogP contribution >= 0.6 is 7.60 Å². The van der Waals surface area contributed by atoms with Crippen LogP contribution in [0.25, 0.3) is 11.2 Å². The predicted molar refractivity (Wildman–Crippen MR) is 88.9 cm³/mol. The number of aliphatic hydroxyl groups is 1. The van der Waals surface area contributed by atoms with Crippen molar-refractivity contribution in [2.24, 2.45) is 0 Å². The third-order valence-electron chi connectivity index (χ3n) is 3.58. The Morgan fingerprint density at radius 3 is 2.73 bits per heavy atom. The van der Waals surface area contributed by atoms with Crippen LogP contribution in [-0.2, 0) is 23.1 Å². The van der Waals surface area contributed by atoms with E-state index in [9.17, 15) is 9.67 Å². The first-order valence-electron chi connectivity index (χ1n) is 8.12. The van der Waals surface area contributed by atoms with Gasteiger partial charge < -0.3 is 29.4 Å². The number of nitrogen functional groups attached to an aromatic ring is 1. The fourth-order valence-electron chi connectivity index (χ4n) is 2.50. The van der Waals surface area contributed by atoms with Crippen molar-refractivity contribution in [3.8, 4) is 0 Å². The monoisotopic (exact) mass is 388 g/mol. The van der Waals surface area contributed by atoms with Crippen LogP contribution in [0.4, 0.5) is 5.82 Å². The van der Waals surface area contributed by atoms with Crippen LogP contribution < -0.4 is 5.73 Å². The molecule has 2 aromatic heterocycles. The summed E-state index contributed by atoms with van der Waals surface area (Å²) in [4.78, 5) is 8.98. The van der Waals surface area contributed by atoms with Gasteiger partial charge in [0, 0.05) is 6.42 Å².